The molecule has 0 radical (unpaired) electrons. The van der Waals surface area contributed by atoms with Crippen molar-refractivity contribution < 1.29 is 4.92 Å². The molecular weight excluding hydrogens is 268 g/mol. The van der Waals surface area contributed by atoms with Gasteiger partial charge in [0.25, 0.3) is 5.69 Å². The standard InChI is InChI=1S/C15H14N4O2/c16-12-3-7-13(8-4-12)18-10-9-15(17-18)11-1-5-14(6-2-11)19(20)21/h1-8H,9-10,16H2. The first-order valence-electron chi connectivity index (χ1n) is 6.59. The first-order chi connectivity index (χ1) is 10.1. The van der Waals surface area contributed by atoms with Gasteiger partial charge in [0.05, 0.1) is 16.3 Å². The third-order valence-electron chi connectivity index (χ3n) is 3.40. The second-order valence-electron chi connectivity index (χ2n) is 4.82. The van der Waals surface area contributed by atoms with Crippen molar-refractivity contribution in [1.82, 2.24) is 0 Å². The molecule has 0 fully saturated rings. The minimum atomic E-state index is -0.402. The van der Waals surface area contributed by atoms with Gasteiger partial charge in [-0.2, -0.15) is 5.10 Å². The normalized spacial score (nSPS) is 14.1. The zero-order valence-electron chi connectivity index (χ0n) is 11.3. The number of hydrogen-bond acceptors (Lipinski definition) is 5. The van der Waals surface area contributed by atoms with Crippen molar-refractivity contribution in [3.8, 4) is 0 Å². The van der Waals surface area contributed by atoms with E-state index in [4.69, 9.17) is 5.73 Å². The van der Waals surface area contributed by atoms with Crippen molar-refractivity contribution in [2.75, 3.05) is 17.3 Å². The SMILES string of the molecule is Nc1ccc(N2CCC(c3ccc([N+](=O)[O-])cc3)=N2)cc1. The maximum absolute atomic E-state index is 10.7. The van der Waals surface area contributed by atoms with Crippen molar-refractivity contribution in [1.29, 1.82) is 0 Å². The Morgan fingerprint density at radius 1 is 1.10 bits per heavy atom. The van der Waals surface area contributed by atoms with E-state index < -0.39 is 4.92 Å². The summed E-state index contributed by atoms with van der Waals surface area (Å²) in [6, 6.07) is 14.0. The largest absolute Gasteiger partial charge is 0.399 e. The van der Waals surface area contributed by atoms with Crippen LogP contribution in [0.5, 0.6) is 0 Å². The van der Waals surface area contributed by atoms with E-state index in [9.17, 15) is 10.1 Å². The highest BCUT2D eigenvalue weighted by Gasteiger charge is 2.18. The van der Waals surface area contributed by atoms with Crippen LogP contribution >= 0.6 is 0 Å². The topological polar surface area (TPSA) is 84.8 Å². The van der Waals surface area contributed by atoms with Crippen molar-refractivity contribution in [3.05, 3.63) is 64.2 Å². The summed E-state index contributed by atoms with van der Waals surface area (Å²) < 4.78 is 0. The third kappa shape index (κ3) is 2.69. The summed E-state index contributed by atoms with van der Waals surface area (Å²) in [5.41, 5.74) is 9.32. The molecule has 3 rings (SSSR count). The van der Waals surface area contributed by atoms with Crippen LogP contribution in [0.25, 0.3) is 0 Å². The van der Waals surface area contributed by atoms with Crippen LogP contribution in [0.15, 0.2) is 53.6 Å². The molecule has 1 aliphatic rings. The maximum Gasteiger partial charge on any atom is 0.269 e. The summed E-state index contributed by atoms with van der Waals surface area (Å²) in [7, 11) is 0. The predicted octanol–water partition coefficient (Wildman–Crippen LogP) is 2.79. The van der Waals surface area contributed by atoms with Crippen LogP contribution in [0.1, 0.15) is 12.0 Å². The van der Waals surface area contributed by atoms with E-state index >= 15 is 0 Å². The van der Waals surface area contributed by atoms with Gasteiger partial charge in [0, 0.05) is 30.8 Å². The smallest absolute Gasteiger partial charge is 0.269 e. The van der Waals surface area contributed by atoms with E-state index in [1.54, 1.807) is 12.1 Å². The number of rotatable bonds is 3. The molecule has 21 heavy (non-hydrogen) atoms. The van der Waals surface area contributed by atoms with E-state index in [2.05, 4.69) is 5.10 Å². The Morgan fingerprint density at radius 3 is 2.38 bits per heavy atom. The second kappa shape index (κ2) is 5.24. The number of nitrogens with zero attached hydrogens (tertiary/aromatic N) is 3. The fourth-order valence-electron chi connectivity index (χ4n) is 2.27. The number of nitro groups is 1. The summed E-state index contributed by atoms with van der Waals surface area (Å²) in [5.74, 6) is 0. The lowest BCUT2D eigenvalue weighted by Gasteiger charge is -2.13. The van der Waals surface area contributed by atoms with Crippen LogP contribution in [0, 0.1) is 10.1 Å². The molecule has 0 unspecified atom stereocenters. The molecular formula is C15H14N4O2. The number of nitrogens with two attached hydrogens (primary N) is 1. The molecule has 0 saturated heterocycles. The quantitative estimate of drug-likeness (QED) is 0.533. The molecule has 0 aliphatic carbocycles. The minimum Gasteiger partial charge on any atom is -0.399 e. The molecule has 0 amide bonds. The number of non-ortho nitro benzene ring substituents is 1. The van der Waals surface area contributed by atoms with Crippen LogP contribution in [-0.4, -0.2) is 17.2 Å². The second-order valence-corrected chi connectivity index (χ2v) is 4.82. The molecule has 1 heterocycles. The van der Waals surface area contributed by atoms with Gasteiger partial charge in [0.15, 0.2) is 0 Å². The van der Waals surface area contributed by atoms with Crippen molar-refractivity contribution in [3.63, 3.8) is 0 Å². The molecule has 2 aromatic carbocycles. The highest BCUT2D eigenvalue weighted by atomic mass is 16.6. The zero-order chi connectivity index (χ0) is 14.8. The van der Waals surface area contributed by atoms with Crippen LogP contribution in [0.4, 0.5) is 17.1 Å². The molecule has 0 spiro atoms. The van der Waals surface area contributed by atoms with Crippen LogP contribution in [0.3, 0.4) is 0 Å². The lowest BCUT2D eigenvalue weighted by molar-refractivity contribution is -0.384. The first-order valence-corrected chi connectivity index (χ1v) is 6.59. The molecule has 6 heteroatoms. The van der Waals surface area contributed by atoms with Crippen molar-refractivity contribution in [2.24, 2.45) is 5.10 Å². The van der Waals surface area contributed by atoms with Gasteiger partial charge in [-0.3, -0.25) is 15.1 Å². The first kappa shape index (κ1) is 13.1. The predicted molar refractivity (Wildman–Crippen MR) is 82.5 cm³/mol. The summed E-state index contributed by atoms with van der Waals surface area (Å²) in [6.07, 6.45) is 0.808. The fourth-order valence-corrected chi connectivity index (χ4v) is 2.27. The zero-order valence-corrected chi connectivity index (χ0v) is 11.3. The lowest BCUT2D eigenvalue weighted by Crippen LogP contribution is -2.11. The summed E-state index contributed by atoms with van der Waals surface area (Å²) >= 11 is 0. The van der Waals surface area contributed by atoms with E-state index in [1.165, 1.54) is 12.1 Å². The van der Waals surface area contributed by atoms with Gasteiger partial charge in [-0.1, -0.05) is 0 Å². The summed E-state index contributed by atoms with van der Waals surface area (Å²) in [5, 5.41) is 17.1. The Bertz CT molecular complexity index is 693. The third-order valence-corrected chi connectivity index (χ3v) is 3.40. The van der Waals surface area contributed by atoms with Gasteiger partial charge < -0.3 is 5.73 Å². The Balaban J connectivity index is 1.82. The van der Waals surface area contributed by atoms with Crippen LogP contribution in [0.2, 0.25) is 0 Å². The van der Waals surface area contributed by atoms with Gasteiger partial charge >= 0.3 is 0 Å². The number of hydrazone groups is 1. The molecule has 0 aromatic heterocycles. The van der Waals surface area contributed by atoms with E-state index in [0.29, 0.717) is 0 Å². The Labute approximate surface area is 121 Å². The molecule has 6 nitrogen and oxygen atoms in total. The molecule has 1 aliphatic heterocycles. The fraction of sp³-hybridized carbons (Fsp3) is 0.133. The van der Waals surface area contributed by atoms with Gasteiger partial charge in [0.1, 0.15) is 0 Å². The van der Waals surface area contributed by atoms with Gasteiger partial charge in [-0.15, -0.1) is 0 Å². The van der Waals surface area contributed by atoms with E-state index in [-0.39, 0.29) is 5.69 Å². The number of benzene rings is 2. The van der Waals surface area contributed by atoms with Crippen molar-refractivity contribution >= 4 is 22.8 Å². The average Bonchev–Trinajstić information content (AvgIpc) is 2.98. The highest BCUT2D eigenvalue weighted by Crippen LogP contribution is 2.23. The molecule has 2 aromatic rings. The highest BCUT2D eigenvalue weighted by molar-refractivity contribution is 6.02. The molecule has 106 valence electrons. The molecule has 0 saturated carbocycles. The molecule has 0 bridgehead atoms. The van der Waals surface area contributed by atoms with Crippen LogP contribution in [-0.2, 0) is 0 Å². The van der Waals surface area contributed by atoms with Crippen LogP contribution < -0.4 is 10.7 Å². The number of hydrogen-bond donors (Lipinski definition) is 1. The Kier molecular flexibility index (Phi) is 3.27. The van der Waals surface area contributed by atoms with Gasteiger partial charge in [-0.05, 0) is 42.0 Å². The maximum atomic E-state index is 10.7. The lowest BCUT2D eigenvalue weighted by atomic mass is 10.1. The minimum absolute atomic E-state index is 0.0905. The monoisotopic (exact) mass is 282 g/mol. The van der Waals surface area contributed by atoms with E-state index in [0.717, 1.165) is 35.6 Å². The molecule has 0 atom stereocenters. The van der Waals surface area contributed by atoms with E-state index in [1.807, 2.05) is 29.3 Å². The van der Waals surface area contributed by atoms with Crippen molar-refractivity contribution in [2.45, 2.75) is 6.42 Å². The Morgan fingerprint density at radius 2 is 1.76 bits per heavy atom. The molecule has 2 N–H and O–H groups in total. The average molecular weight is 282 g/mol. The Hall–Kier alpha value is -2.89. The van der Waals surface area contributed by atoms with Gasteiger partial charge in [-0.25, -0.2) is 0 Å². The summed E-state index contributed by atoms with van der Waals surface area (Å²) in [4.78, 5) is 10.3. The number of nitro benzene ring substituents is 1. The van der Waals surface area contributed by atoms with Gasteiger partial charge in [0.2, 0.25) is 0 Å². The summed E-state index contributed by atoms with van der Waals surface area (Å²) in [6.45, 7) is 0.788. The number of anilines is 2. The number of nitrogen functional groups attached to an aromatic ring is 1.